The second kappa shape index (κ2) is 7.03. The number of halogens is 1. The van der Waals surface area contributed by atoms with E-state index < -0.39 is 9.84 Å². The molecule has 2 heterocycles. The first-order valence-corrected chi connectivity index (χ1v) is 9.69. The van der Waals surface area contributed by atoms with Crippen LogP contribution in [0.5, 0.6) is 0 Å². The first-order chi connectivity index (χ1) is 11.5. The maximum atomic E-state index is 12.9. The topological polar surface area (TPSA) is 55.2 Å². The predicted octanol–water partition coefficient (Wildman–Crippen LogP) is 2.04. The third-order valence-electron chi connectivity index (χ3n) is 4.63. The quantitative estimate of drug-likeness (QED) is 0.827. The van der Waals surface area contributed by atoms with Gasteiger partial charge in [0.1, 0.15) is 5.82 Å². The molecular weight excluding hydrogens is 329 g/mol. The Labute approximate surface area is 142 Å². The SMILES string of the molecule is Cn1ccnc1S(=O)(=O)C1CCN(CCc2ccc(F)cc2)CC1. The first-order valence-electron chi connectivity index (χ1n) is 8.15. The lowest BCUT2D eigenvalue weighted by Gasteiger charge is -2.31. The highest BCUT2D eigenvalue weighted by atomic mass is 32.2. The molecule has 1 saturated heterocycles. The molecule has 1 aromatic carbocycles. The first kappa shape index (κ1) is 17.1. The van der Waals surface area contributed by atoms with E-state index in [4.69, 9.17) is 0 Å². The zero-order valence-electron chi connectivity index (χ0n) is 13.7. The summed E-state index contributed by atoms with van der Waals surface area (Å²) in [7, 11) is -1.66. The van der Waals surface area contributed by atoms with Crippen LogP contribution in [0.3, 0.4) is 0 Å². The molecule has 130 valence electrons. The van der Waals surface area contributed by atoms with Gasteiger partial charge in [-0.15, -0.1) is 0 Å². The van der Waals surface area contributed by atoms with Crippen LogP contribution < -0.4 is 0 Å². The van der Waals surface area contributed by atoms with Gasteiger partial charge in [0.05, 0.1) is 5.25 Å². The number of likely N-dealkylation sites (tertiary alicyclic amines) is 1. The molecule has 3 rings (SSSR count). The van der Waals surface area contributed by atoms with Crippen molar-refractivity contribution in [2.24, 2.45) is 7.05 Å². The van der Waals surface area contributed by atoms with Crippen molar-refractivity contribution < 1.29 is 12.8 Å². The lowest BCUT2D eigenvalue weighted by atomic mass is 10.1. The summed E-state index contributed by atoms with van der Waals surface area (Å²) in [5.41, 5.74) is 1.10. The van der Waals surface area contributed by atoms with E-state index in [0.717, 1.165) is 31.6 Å². The zero-order chi connectivity index (χ0) is 17.2. The number of sulfone groups is 1. The van der Waals surface area contributed by atoms with Crippen molar-refractivity contribution >= 4 is 9.84 Å². The van der Waals surface area contributed by atoms with E-state index in [1.165, 1.54) is 18.3 Å². The van der Waals surface area contributed by atoms with Crippen LogP contribution in [0.25, 0.3) is 0 Å². The minimum atomic E-state index is -3.36. The van der Waals surface area contributed by atoms with Crippen LogP contribution in [0.15, 0.2) is 41.8 Å². The lowest BCUT2D eigenvalue weighted by molar-refractivity contribution is 0.232. The van der Waals surface area contributed by atoms with E-state index in [1.54, 1.807) is 29.9 Å². The third-order valence-corrected chi connectivity index (χ3v) is 6.89. The molecule has 0 radical (unpaired) electrons. The van der Waals surface area contributed by atoms with Gasteiger partial charge in [-0.1, -0.05) is 12.1 Å². The smallest absolute Gasteiger partial charge is 0.227 e. The fraction of sp³-hybridized carbons (Fsp3) is 0.471. The number of hydrogen-bond donors (Lipinski definition) is 0. The normalized spacial score (nSPS) is 17.2. The molecule has 0 saturated carbocycles. The summed E-state index contributed by atoms with van der Waals surface area (Å²) in [6, 6.07) is 6.54. The Hall–Kier alpha value is -1.73. The summed E-state index contributed by atoms with van der Waals surface area (Å²) in [4.78, 5) is 6.27. The Bertz CT molecular complexity index is 778. The van der Waals surface area contributed by atoms with Gasteiger partial charge in [0.25, 0.3) is 0 Å². The second-order valence-corrected chi connectivity index (χ2v) is 8.41. The molecule has 0 bridgehead atoms. The maximum Gasteiger partial charge on any atom is 0.227 e. The number of imidazole rings is 1. The summed E-state index contributed by atoms with van der Waals surface area (Å²) in [5, 5.41) is -0.201. The summed E-state index contributed by atoms with van der Waals surface area (Å²) in [5.74, 6) is -0.223. The molecule has 0 aliphatic carbocycles. The van der Waals surface area contributed by atoms with Crippen molar-refractivity contribution in [3.05, 3.63) is 48.0 Å². The van der Waals surface area contributed by atoms with Gasteiger partial charge in [-0.05, 0) is 50.0 Å². The van der Waals surface area contributed by atoms with Gasteiger partial charge < -0.3 is 9.47 Å². The largest absolute Gasteiger partial charge is 0.325 e. The van der Waals surface area contributed by atoms with E-state index in [0.29, 0.717) is 12.8 Å². The predicted molar refractivity (Wildman–Crippen MR) is 90.0 cm³/mol. The van der Waals surface area contributed by atoms with E-state index in [9.17, 15) is 12.8 Å². The second-order valence-electron chi connectivity index (χ2n) is 6.28. The summed E-state index contributed by atoms with van der Waals surface area (Å²) in [6.07, 6.45) is 5.27. The van der Waals surface area contributed by atoms with E-state index in [-0.39, 0.29) is 16.2 Å². The minimum absolute atomic E-state index is 0.160. The average Bonchev–Trinajstić information content (AvgIpc) is 3.02. The molecule has 1 aliphatic heterocycles. The highest BCUT2D eigenvalue weighted by Gasteiger charge is 2.33. The summed E-state index contributed by atoms with van der Waals surface area (Å²) < 4.78 is 39.8. The van der Waals surface area contributed by atoms with Crippen LogP contribution in [0.4, 0.5) is 4.39 Å². The fourth-order valence-electron chi connectivity index (χ4n) is 3.16. The molecule has 1 fully saturated rings. The Morgan fingerprint density at radius 3 is 2.46 bits per heavy atom. The van der Waals surface area contributed by atoms with Crippen molar-refractivity contribution in [3.8, 4) is 0 Å². The number of aryl methyl sites for hydroxylation is 1. The molecule has 1 aromatic heterocycles. The lowest BCUT2D eigenvalue weighted by Crippen LogP contribution is -2.40. The van der Waals surface area contributed by atoms with Crippen molar-refractivity contribution in [1.29, 1.82) is 0 Å². The molecule has 24 heavy (non-hydrogen) atoms. The van der Waals surface area contributed by atoms with Crippen LogP contribution in [0.2, 0.25) is 0 Å². The standard InChI is InChI=1S/C17H22FN3O2S/c1-20-13-9-19-17(20)24(22,23)16-7-11-21(12-8-16)10-6-14-2-4-15(18)5-3-14/h2-5,9,13,16H,6-8,10-12H2,1H3. The molecular formula is C17H22FN3O2S. The molecule has 0 amide bonds. The van der Waals surface area contributed by atoms with Gasteiger partial charge in [0.2, 0.25) is 15.0 Å². The van der Waals surface area contributed by atoms with Gasteiger partial charge in [-0.3, -0.25) is 0 Å². The van der Waals surface area contributed by atoms with Crippen molar-refractivity contribution in [2.45, 2.75) is 29.7 Å². The van der Waals surface area contributed by atoms with Crippen LogP contribution in [-0.4, -0.2) is 47.8 Å². The van der Waals surface area contributed by atoms with Gasteiger partial charge in [-0.25, -0.2) is 17.8 Å². The molecule has 0 unspecified atom stereocenters. The molecule has 0 N–H and O–H groups in total. The Balaban J connectivity index is 1.54. The minimum Gasteiger partial charge on any atom is -0.325 e. The number of aromatic nitrogens is 2. The highest BCUT2D eigenvalue weighted by Crippen LogP contribution is 2.23. The molecule has 5 nitrogen and oxygen atoms in total. The van der Waals surface area contributed by atoms with E-state index >= 15 is 0 Å². The monoisotopic (exact) mass is 351 g/mol. The van der Waals surface area contributed by atoms with Gasteiger partial charge in [0, 0.05) is 26.0 Å². The number of benzene rings is 1. The molecule has 0 spiro atoms. The van der Waals surface area contributed by atoms with E-state index in [2.05, 4.69) is 9.88 Å². The Morgan fingerprint density at radius 2 is 1.88 bits per heavy atom. The summed E-state index contributed by atoms with van der Waals surface area (Å²) in [6.45, 7) is 2.38. The van der Waals surface area contributed by atoms with Crippen LogP contribution in [0.1, 0.15) is 18.4 Å². The molecule has 7 heteroatoms. The highest BCUT2D eigenvalue weighted by molar-refractivity contribution is 7.91. The van der Waals surface area contributed by atoms with Gasteiger partial charge in [-0.2, -0.15) is 0 Å². The number of rotatable bonds is 5. The molecule has 1 aliphatic rings. The van der Waals surface area contributed by atoms with Crippen LogP contribution >= 0.6 is 0 Å². The van der Waals surface area contributed by atoms with Crippen LogP contribution in [-0.2, 0) is 23.3 Å². The van der Waals surface area contributed by atoms with Gasteiger partial charge >= 0.3 is 0 Å². The third kappa shape index (κ3) is 3.67. The van der Waals surface area contributed by atoms with Crippen LogP contribution in [0, 0.1) is 5.82 Å². The maximum absolute atomic E-state index is 12.9. The van der Waals surface area contributed by atoms with Crippen molar-refractivity contribution in [3.63, 3.8) is 0 Å². The van der Waals surface area contributed by atoms with E-state index in [1.807, 2.05) is 0 Å². The van der Waals surface area contributed by atoms with Crippen molar-refractivity contribution in [2.75, 3.05) is 19.6 Å². The number of piperidine rings is 1. The van der Waals surface area contributed by atoms with Gasteiger partial charge in [0.15, 0.2) is 0 Å². The number of nitrogens with zero attached hydrogens (tertiary/aromatic N) is 3. The Morgan fingerprint density at radius 1 is 1.21 bits per heavy atom. The number of hydrogen-bond acceptors (Lipinski definition) is 4. The molecule has 2 aromatic rings. The van der Waals surface area contributed by atoms with Crippen molar-refractivity contribution in [1.82, 2.24) is 14.5 Å². The Kier molecular flexibility index (Phi) is 5.01. The average molecular weight is 351 g/mol. The summed E-state index contributed by atoms with van der Waals surface area (Å²) >= 11 is 0. The fourth-order valence-corrected chi connectivity index (χ4v) is 4.96. The molecule has 0 atom stereocenters. The zero-order valence-corrected chi connectivity index (χ0v) is 14.5.